The van der Waals surface area contributed by atoms with Crippen molar-refractivity contribution in [2.24, 2.45) is 11.8 Å². The number of rotatable bonds is 2. The van der Waals surface area contributed by atoms with Gasteiger partial charge in [-0.15, -0.1) is 6.58 Å². The van der Waals surface area contributed by atoms with E-state index in [1.807, 2.05) is 6.08 Å². The Balaban J connectivity index is 2.43. The van der Waals surface area contributed by atoms with Gasteiger partial charge in [0.1, 0.15) is 0 Å². The lowest BCUT2D eigenvalue weighted by atomic mass is 9.94. The highest BCUT2D eigenvalue weighted by Gasteiger charge is 2.24. The average molecular weight is 139 g/mol. The van der Waals surface area contributed by atoms with Crippen LogP contribution in [0.3, 0.4) is 0 Å². The summed E-state index contributed by atoms with van der Waals surface area (Å²) in [4.78, 5) is 10.7. The molecule has 2 heteroatoms. The largest absolute Gasteiger partial charge is 0.356 e. The maximum atomic E-state index is 10.7. The van der Waals surface area contributed by atoms with Crippen molar-refractivity contribution in [1.82, 2.24) is 5.32 Å². The molecule has 0 aromatic rings. The van der Waals surface area contributed by atoms with Crippen LogP contribution >= 0.6 is 0 Å². The van der Waals surface area contributed by atoms with E-state index in [1.54, 1.807) is 0 Å². The Morgan fingerprint density at radius 2 is 2.60 bits per heavy atom. The van der Waals surface area contributed by atoms with Gasteiger partial charge in [0.2, 0.25) is 5.91 Å². The van der Waals surface area contributed by atoms with E-state index in [2.05, 4.69) is 18.8 Å². The van der Waals surface area contributed by atoms with E-state index in [1.165, 1.54) is 0 Å². The lowest BCUT2D eigenvalue weighted by Gasteiger charge is -2.10. The summed E-state index contributed by atoms with van der Waals surface area (Å²) in [6.07, 6.45) is 2.58. The lowest BCUT2D eigenvalue weighted by Crippen LogP contribution is -2.15. The van der Waals surface area contributed by atoms with Gasteiger partial charge >= 0.3 is 0 Å². The van der Waals surface area contributed by atoms with Gasteiger partial charge in [-0.3, -0.25) is 4.79 Å². The molecule has 0 aliphatic carbocycles. The molecule has 0 aromatic heterocycles. The Hall–Kier alpha value is -0.790. The second-order valence-corrected chi connectivity index (χ2v) is 2.86. The van der Waals surface area contributed by atoms with E-state index in [-0.39, 0.29) is 5.91 Å². The summed E-state index contributed by atoms with van der Waals surface area (Å²) in [7, 11) is 0. The summed E-state index contributed by atoms with van der Waals surface area (Å²) in [6.45, 7) is 6.61. The Kier molecular flexibility index (Phi) is 2.10. The number of amides is 1. The molecular weight excluding hydrogens is 126 g/mol. The minimum Gasteiger partial charge on any atom is -0.356 e. The first-order valence-electron chi connectivity index (χ1n) is 3.63. The molecule has 1 amide bonds. The second-order valence-electron chi connectivity index (χ2n) is 2.86. The van der Waals surface area contributed by atoms with Crippen LogP contribution in [-0.2, 0) is 4.79 Å². The fraction of sp³-hybridized carbons (Fsp3) is 0.625. The summed E-state index contributed by atoms with van der Waals surface area (Å²) in [5, 5.41) is 2.80. The Morgan fingerprint density at radius 1 is 1.90 bits per heavy atom. The van der Waals surface area contributed by atoms with Crippen LogP contribution in [0.2, 0.25) is 0 Å². The second kappa shape index (κ2) is 2.86. The molecule has 1 rings (SSSR count). The zero-order valence-electron chi connectivity index (χ0n) is 6.26. The SMILES string of the molecule is C=CC(C)C1CNC(=O)C1. The van der Waals surface area contributed by atoms with Crippen LogP contribution in [0.15, 0.2) is 12.7 Å². The average Bonchev–Trinajstić information content (AvgIpc) is 2.34. The van der Waals surface area contributed by atoms with Crippen LogP contribution in [0.25, 0.3) is 0 Å². The molecule has 1 fully saturated rings. The molecule has 1 aliphatic heterocycles. The molecule has 10 heavy (non-hydrogen) atoms. The van der Waals surface area contributed by atoms with Gasteiger partial charge in [-0.05, 0) is 11.8 Å². The first kappa shape index (κ1) is 7.32. The van der Waals surface area contributed by atoms with Crippen LogP contribution in [-0.4, -0.2) is 12.5 Å². The Morgan fingerprint density at radius 3 is 3.00 bits per heavy atom. The molecule has 0 aromatic carbocycles. The monoisotopic (exact) mass is 139 g/mol. The van der Waals surface area contributed by atoms with Gasteiger partial charge in [0.15, 0.2) is 0 Å². The van der Waals surface area contributed by atoms with E-state index in [9.17, 15) is 4.79 Å². The van der Waals surface area contributed by atoms with Gasteiger partial charge in [-0.2, -0.15) is 0 Å². The lowest BCUT2D eigenvalue weighted by molar-refractivity contribution is -0.119. The minimum atomic E-state index is 0.179. The van der Waals surface area contributed by atoms with Crippen molar-refractivity contribution in [3.05, 3.63) is 12.7 Å². The predicted octanol–water partition coefficient (Wildman–Crippen LogP) is 0.945. The van der Waals surface area contributed by atoms with Crippen molar-refractivity contribution in [2.75, 3.05) is 6.54 Å². The molecule has 0 saturated carbocycles. The van der Waals surface area contributed by atoms with Crippen molar-refractivity contribution in [3.8, 4) is 0 Å². The van der Waals surface area contributed by atoms with E-state index < -0.39 is 0 Å². The predicted molar refractivity (Wildman–Crippen MR) is 40.5 cm³/mol. The van der Waals surface area contributed by atoms with Crippen LogP contribution in [0.5, 0.6) is 0 Å². The number of nitrogens with one attached hydrogen (secondary N) is 1. The van der Waals surface area contributed by atoms with Gasteiger partial charge in [-0.1, -0.05) is 13.0 Å². The molecule has 0 bridgehead atoms. The quantitative estimate of drug-likeness (QED) is 0.567. The Bertz CT molecular complexity index is 153. The van der Waals surface area contributed by atoms with E-state index in [4.69, 9.17) is 0 Å². The van der Waals surface area contributed by atoms with E-state index in [0.29, 0.717) is 18.3 Å². The summed E-state index contributed by atoms with van der Waals surface area (Å²) in [6, 6.07) is 0. The fourth-order valence-corrected chi connectivity index (χ4v) is 1.19. The van der Waals surface area contributed by atoms with Crippen molar-refractivity contribution in [1.29, 1.82) is 0 Å². The molecule has 1 saturated heterocycles. The third kappa shape index (κ3) is 1.38. The summed E-state index contributed by atoms with van der Waals surface area (Å²) >= 11 is 0. The van der Waals surface area contributed by atoms with Crippen molar-refractivity contribution in [2.45, 2.75) is 13.3 Å². The van der Waals surface area contributed by atoms with Crippen molar-refractivity contribution >= 4 is 5.91 Å². The van der Waals surface area contributed by atoms with Gasteiger partial charge < -0.3 is 5.32 Å². The molecule has 1 aliphatic rings. The van der Waals surface area contributed by atoms with Gasteiger partial charge in [0.25, 0.3) is 0 Å². The van der Waals surface area contributed by atoms with E-state index in [0.717, 1.165) is 6.54 Å². The number of carbonyl (C=O) groups excluding carboxylic acids is 1. The molecular formula is C8H13NO. The third-order valence-corrected chi connectivity index (χ3v) is 2.12. The highest BCUT2D eigenvalue weighted by molar-refractivity contribution is 5.78. The van der Waals surface area contributed by atoms with E-state index >= 15 is 0 Å². The fourth-order valence-electron chi connectivity index (χ4n) is 1.19. The molecule has 0 radical (unpaired) electrons. The normalized spacial score (nSPS) is 27.7. The van der Waals surface area contributed by atoms with Crippen molar-refractivity contribution < 1.29 is 4.79 Å². The topological polar surface area (TPSA) is 29.1 Å². The standard InChI is InChI=1S/C8H13NO/c1-3-6(2)7-4-8(10)9-5-7/h3,6-7H,1,4-5H2,2H3,(H,9,10). The maximum Gasteiger partial charge on any atom is 0.220 e. The first-order valence-corrected chi connectivity index (χ1v) is 3.63. The molecule has 56 valence electrons. The third-order valence-electron chi connectivity index (χ3n) is 2.12. The highest BCUT2D eigenvalue weighted by Crippen LogP contribution is 2.19. The van der Waals surface area contributed by atoms with Crippen LogP contribution in [0, 0.1) is 11.8 Å². The zero-order valence-corrected chi connectivity index (χ0v) is 6.26. The molecule has 2 unspecified atom stereocenters. The van der Waals surface area contributed by atoms with Gasteiger partial charge in [0.05, 0.1) is 0 Å². The molecule has 0 spiro atoms. The minimum absolute atomic E-state index is 0.179. The molecule has 1 heterocycles. The number of allylic oxidation sites excluding steroid dienone is 1. The number of carbonyl (C=O) groups is 1. The van der Waals surface area contributed by atoms with Gasteiger partial charge in [-0.25, -0.2) is 0 Å². The van der Waals surface area contributed by atoms with Crippen LogP contribution in [0.4, 0.5) is 0 Å². The smallest absolute Gasteiger partial charge is 0.220 e. The Labute approximate surface area is 61.3 Å². The van der Waals surface area contributed by atoms with Crippen LogP contribution < -0.4 is 5.32 Å². The first-order chi connectivity index (χ1) is 4.74. The highest BCUT2D eigenvalue weighted by atomic mass is 16.1. The zero-order chi connectivity index (χ0) is 7.56. The molecule has 1 N–H and O–H groups in total. The number of hydrogen-bond acceptors (Lipinski definition) is 1. The van der Waals surface area contributed by atoms with Gasteiger partial charge in [0, 0.05) is 13.0 Å². The summed E-state index contributed by atoms with van der Waals surface area (Å²) in [5.74, 6) is 1.11. The maximum absolute atomic E-state index is 10.7. The van der Waals surface area contributed by atoms with Crippen molar-refractivity contribution in [3.63, 3.8) is 0 Å². The molecule has 2 nitrogen and oxygen atoms in total. The summed E-state index contributed by atoms with van der Waals surface area (Å²) in [5.41, 5.74) is 0. The van der Waals surface area contributed by atoms with Crippen LogP contribution in [0.1, 0.15) is 13.3 Å². The number of hydrogen-bond donors (Lipinski definition) is 1. The summed E-state index contributed by atoms with van der Waals surface area (Å²) < 4.78 is 0. The molecule has 2 atom stereocenters.